The van der Waals surface area contributed by atoms with Gasteiger partial charge in [-0.15, -0.1) is 22.7 Å². The van der Waals surface area contributed by atoms with E-state index >= 15 is 0 Å². The molecular weight excluding hydrogens is 286 g/mol. The monoisotopic (exact) mass is 309 g/mol. The second-order valence-electron chi connectivity index (χ2n) is 5.39. The van der Waals surface area contributed by atoms with Gasteiger partial charge in [-0.05, 0) is 42.5 Å². The minimum atomic E-state index is 0.699. The summed E-state index contributed by atoms with van der Waals surface area (Å²) in [6.07, 6.45) is 0. The highest BCUT2D eigenvalue weighted by molar-refractivity contribution is 7.12. The highest BCUT2D eigenvalue weighted by Gasteiger charge is 2.06. The van der Waals surface area contributed by atoms with E-state index in [9.17, 15) is 0 Å². The Hall–Kier alpha value is -0.680. The highest BCUT2D eigenvalue weighted by atomic mass is 32.1. The summed E-state index contributed by atoms with van der Waals surface area (Å²) in [7, 11) is 0. The number of ether oxygens (including phenoxy) is 1. The zero-order valence-corrected chi connectivity index (χ0v) is 14.1. The first-order valence-corrected chi connectivity index (χ1v) is 8.73. The van der Waals surface area contributed by atoms with Crippen molar-refractivity contribution in [3.8, 4) is 0 Å². The van der Waals surface area contributed by atoms with Crippen LogP contribution in [0, 0.1) is 12.8 Å². The largest absolute Gasteiger partial charge is 0.371 e. The van der Waals surface area contributed by atoms with Gasteiger partial charge in [0.1, 0.15) is 0 Å². The average Bonchev–Trinajstić information content (AvgIpc) is 3.00. The van der Waals surface area contributed by atoms with Crippen LogP contribution in [-0.2, 0) is 24.5 Å². The minimum Gasteiger partial charge on any atom is -0.371 e. The Labute approximate surface area is 129 Å². The van der Waals surface area contributed by atoms with E-state index < -0.39 is 0 Å². The van der Waals surface area contributed by atoms with Crippen LogP contribution < -0.4 is 5.32 Å². The van der Waals surface area contributed by atoms with Crippen molar-refractivity contribution in [3.63, 3.8) is 0 Å². The Morgan fingerprint density at radius 3 is 2.80 bits per heavy atom. The first kappa shape index (κ1) is 15.7. The van der Waals surface area contributed by atoms with E-state index in [1.807, 2.05) is 11.3 Å². The number of thiophene rings is 2. The third-order valence-corrected chi connectivity index (χ3v) is 4.95. The van der Waals surface area contributed by atoms with Crippen LogP contribution in [-0.4, -0.2) is 6.54 Å². The predicted molar refractivity (Wildman–Crippen MR) is 88.4 cm³/mol. The molecule has 2 heterocycles. The van der Waals surface area contributed by atoms with Gasteiger partial charge in [-0.2, -0.15) is 0 Å². The van der Waals surface area contributed by atoms with E-state index in [0.29, 0.717) is 19.1 Å². The maximum Gasteiger partial charge on any atom is 0.0813 e. The Kier molecular flexibility index (Phi) is 6.23. The van der Waals surface area contributed by atoms with E-state index in [0.717, 1.165) is 13.1 Å². The Morgan fingerprint density at radius 1 is 1.25 bits per heavy atom. The topological polar surface area (TPSA) is 21.3 Å². The molecule has 0 radical (unpaired) electrons. The molecule has 0 spiro atoms. The van der Waals surface area contributed by atoms with Gasteiger partial charge in [0, 0.05) is 21.2 Å². The van der Waals surface area contributed by atoms with Gasteiger partial charge in [0.15, 0.2) is 0 Å². The van der Waals surface area contributed by atoms with E-state index in [2.05, 4.69) is 49.7 Å². The SMILES string of the molecule is Cc1sc(CNCC(C)C)cc1COCc1cccs1. The van der Waals surface area contributed by atoms with Crippen molar-refractivity contribution in [3.05, 3.63) is 43.8 Å². The Morgan fingerprint density at radius 2 is 2.10 bits per heavy atom. The zero-order valence-electron chi connectivity index (χ0n) is 12.4. The van der Waals surface area contributed by atoms with Gasteiger partial charge < -0.3 is 10.1 Å². The van der Waals surface area contributed by atoms with Gasteiger partial charge in [-0.1, -0.05) is 19.9 Å². The molecule has 0 unspecified atom stereocenters. The summed E-state index contributed by atoms with van der Waals surface area (Å²) in [4.78, 5) is 4.06. The fraction of sp³-hybridized carbons (Fsp3) is 0.500. The third-order valence-electron chi connectivity index (χ3n) is 3.01. The fourth-order valence-electron chi connectivity index (χ4n) is 1.96. The fourth-order valence-corrected chi connectivity index (χ4v) is 3.62. The van der Waals surface area contributed by atoms with Crippen LogP contribution >= 0.6 is 22.7 Å². The molecule has 0 saturated heterocycles. The van der Waals surface area contributed by atoms with Gasteiger partial charge in [0.05, 0.1) is 13.2 Å². The Bertz CT molecular complexity index is 503. The van der Waals surface area contributed by atoms with E-state index in [4.69, 9.17) is 4.74 Å². The van der Waals surface area contributed by atoms with Gasteiger partial charge in [0.2, 0.25) is 0 Å². The maximum absolute atomic E-state index is 5.80. The molecule has 0 bridgehead atoms. The summed E-state index contributed by atoms with van der Waals surface area (Å²) < 4.78 is 5.80. The molecule has 0 amide bonds. The molecule has 110 valence electrons. The van der Waals surface area contributed by atoms with Crippen LogP contribution in [0.4, 0.5) is 0 Å². The van der Waals surface area contributed by atoms with Crippen molar-refractivity contribution >= 4 is 22.7 Å². The maximum atomic E-state index is 5.80. The number of hydrogen-bond acceptors (Lipinski definition) is 4. The molecule has 2 aromatic heterocycles. The van der Waals surface area contributed by atoms with Crippen LogP contribution in [0.25, 0.3) is 0 Å². The smallest absolute Gasteiger partial charge is 0.0813 e. The molecule has 0 aliphatic carbocycles. The summed E-state index contributed by atoms with van der Waals surface area (Å²) in [5, 5.41) is 5.58. The Balaban J connectivity index is 1.78. The summed E-state index contributed by atoms with van der Waals surface area (Å²) in [5.41, 5.74) is 1.33. The van der Waals surface area contributed by atoms with Crippen LogP contribution in [0.15, 0.2) is 23.6 Å². The first-order valence-electron chi connectivity index (χ1n) is 7.04. The molecule has 2 aromatic rings. The number of aryl methyl sites for hydroxylation is 1. The van der Waals surface area contributed by atoms with Crippen molar-refractivity contribution < 1.29 is 4.74 Å². The molecule has 0 atom stereocenters. The molecule has 0 aromatic carbocycles. The summed E-state index contributed by atoms with van der Waals surface area (Å²) in [6, 6.07) is 6.46. The second-order valence-corrected chi connectivity index (χ2v) is 7.76. The lowest BCUT2D eigenvalue weighted by Gasteiger charge is -2.05. The molecule has 2 nitrogen and oxygen atoms in total. The van der Waals surface area contributed by atoms with E-state index in [1.165, 1.54) is 20.2 Å². The lowest BCUT2D eigenvalue weighted by atomic mass is 10.2. The summed E-state index contributed by atoms with van der Waals surface area (Å²) in [5.74, 6) is 0.699. The standard InChI is InChI=1S/C16H23NOS2/c1-12(2)8-17-9-16-7-14(13(3)20-16)10-18-11-15-5-4-6-19-15/h4-7,12,17H,8-11H2,1-3H3. The van der Waals surface area contributed by atoms with Crippen LogP contribution in [0.5, 0.6) is 0 Å². The van der Waals surface area contributed by atoms with Gasteiger partial charge in [0.25, 0.3) is 0 Å². The van der Waals surface area contributed by atoms with Gasteiger partial charge in [-0.25, -0.2) is 0 Å². The molecule has 1 N–H and O–H groups in total. The van der Waals surface area contributed by atoms with Crippen LogP contribution in [0.1, 0.15) is 34.0 Å². The van der Waals surface area contributed by atoms with Crippen molar-refractivity contribution in [1.29, 1.82) is 0 Å². The minimum absolute atomic E-state index is 0.699. The molecular formula is C16H23NOS2. The lowest BCUT2D eigenvalue weighted by molar-refractivity contribution is 0.109. The highest BCUT2D eigenvalue weighted by Crippen LogP contribution is 2.23. The molecule has 0 aliphatic heterocycles. The van der Waals surface area contributed by atoms with E-state index in [-0.39, 0.29) is 0 Å². The molecule has 4 heteroatoms. The molecule has 0 saturated carbocycles. The molecule has 2 rings (SSSR count). The number of rotatable bonds is 8. The first-order chi connectivity index (χ1) is 9.65. The third kappa shape index (κ3) is 5.02. The van der Waals surface area contributed by atoms with E-state index in [1.54, 1.807) is 11.3 Å². The quantitative estimate of drug-likeness (QED) is 0.770. The molecule has 0 aliphatic rings. The van der Waals surface area contributed by atoms with Gasteiger partial charge >= 0.3 is 0 Å². The lowest BCUT2D eigenvalue weighted by Crippen LogP contribution is -2.18. The van der Waals surface area contributed by atoms with Crippen molar-refractivity contribution in [2.24, 2.45) is 5.92 Å². The van der Waals surface area contributed by atoms with Crippen LogP contribution in [0.2, 0.25) is 0 Å². The summed E-state index contributed by atoms with van der Waals surface area (Å²) in [6.45, 7) is 10.1. The number of nitrogens with one attached hydrogen (secondary N) is 1. The zero-order chi connectivity index (χ0) is 14.4. The average molecular weight is 309 g/mol. The normalized spacial score (nSPS) is 11.4. The molecule has 0 fully saturated rings. The van der Waals surface area contributed by atoms with Crippen molar-refractivity contribution in [2.75, 3.05) is 6.54 Å². The predicted octanol–water partition coefficient (Wildman–Crippen LogP) is 4.58. The number of hydrogen-bond donors (Lipinski definition) is 1. The van der Waals surface area contributed by atoms with Crippen LogP contribution in [0.3, 0.4) is 0 Å². The summed E-state index contributed by atoms with van der Waals surface area (Å²) >= 11 is 3.62. The van der Waals surface area contributed by atoms with Gasteiger partial charge in [-0.3, -0.25) is 0 Å². The van der Waals surface area contributed by atoms with Crippen molar-refractivity contribution in [2.45, 2.75) is 40.5 Å². The molecule has 20 heavy (non-hydrogen) atoms. The van der Waals surface area contributed by atoms with Crippen molar-refractivity contribution in [1.82, 2.24) is 5.32 Å². The second kappa shape index (κ2) is 7.93.